The van der Waals surface area contributed by atoms with Crippen LogP contribution in [0.5, 0.6) is 5.75 Å². The van der Waals surface area contributed by atoms with Crippen molar-refractivity contribution in [1.82, 2.24) is 4.40 Å². The first kappa shape index (κ1) is 22.3. The maximum atomic E-state index is 11.5. The van der Waals surface area contributed by atoms with Gasteiger partial charge in [-0.2, -0.15) is 0 Å². The van der Waals surface area contributed by atoms with Gasteiger partial charge in [-0.05, 0) is 52.8 Å². The second-order valence-electron chi connectivity index (χ2n) is 8.01. The van der Waals surface area contributed by atoms with Crippen molar-refractivity contribution in [2.45, 2.75) is 32.6 Å². The number of aromatic nitrogens is 1. The lowest BCUT2D eigenvalue weighted by Gasteiger charge is -2.12. The van der Waals surface area contributed by atoms with Crippen molar-refractivity contribution in [2.24, 2.45) is 0 Å². The number of hydrogen-bond donors (Lipinski definition) is 1. The van der Waals surface area contributed by atoms with Gasteiger partial charge < -0.3 is 19.0 Å². The largest absolute Gasteiger partial charge is 0.480 e. The van der Waals surface area contributed by atoms with E-state index in [-0.39, 0.29) is 6.42 Å². The number of carboxylic acids is 1. The fourth-order valence-corrected chi connectivity index (χ4v) is 4.54. The molecule has 2 heterocycles. The number of pyridine rings is 1. The summed E-state index contributed by atoms with van der Waals surface area (Å²) in [7, 11) is 0. The van der Waals surface area contributed by atoms with Crippen molar-refractivity contribution >= 4 is 17.8 Å². The molecule has 0 fully saturated rings. The van der Waals surface area contributed by atoms with Crippen molar-refractivity contribution in [3.8, 4) is 5.75 Å². The fraction of sp³-hybridized carbons (Fsp3) is 0.214. The summed E-state index contributed by atoms with van der Waals surface area (Å²) in [6.07, 6.45) is 5.43. The van der Waals surface area contributed by atoms with Crippen LogP contribution >= 0.6 is 0 Å². The quantitative estimate of drug-likeness (QED) is 0.356. The Morgan fingerprint density at radius 3 is 2.30 bits per heavy atom. The van der Waals surface area contributed by atoms with Gasteiger partial charge in [0.05, 0.1) is 5.52 Å². The number of fused-ring (bicyclic) bond motifs is 1. The first-order valence-corrected chi connectivity index (χ1v) is 11.1. The summed E-state index contributed by atoms with van der Waals surface area (Å²) in [5, 5.41) is 9.08. The Labute approximate surface area is 193 Å². The maximum absolute atomic E-state index is 11.5. The maximum Gasteiger partial charge on any atom is 0.341 e. The predicted octanol–water partition coefficient (Wildman–Crippen LogP) is 4.89. The summed E-state index contributed by atoms with van der Waals surface area (Å²) in [6, 6.07) is 22.5. The first-order valence-electron chi connectivity index (χ1n) is 11.1. The molecule has 0 spiro atoms. The molecule has 33 heavy (non-hydrogen) atoms. The van der Waals surface area contributed by atoms with Gasteiger partial charge in [0.2, 0.25) is 0 Å². The van der Waals surface area contributed by atoms with Crippen LogP contribution in [-0.2, 0) is 35.3 Å². The molecular weight excluding hydrogens is 414 g/mol. The van der Waals surface area contributed by atoms with E-state index >= 15 is 0 Å². The van der Waals surface area contributed by atoms with Crippen molar-refractivity contribution in [2.75, 3.05) is 6.61 Å². The highest BCUT2D eigenvalue weighted by Crippen LogP contribution is 2.33. The molecule has 0 radical (unpaired) electrons. The number of carbonyl (C=O) groups is 2. The highest BCUT2D eigenvalue weighted by atomic mass is 16.5. The number of ether oxygens (including phenoxy) is 1. The van der Waals surface area contributed by atoms with Gasteiger partial charge >= 0.3 is 5.97 Å². The van der Waals surface area contributed by atoms with E-state index in [2.05, 4.69) is 59.9 Å². The van der Waals surface area contributed by atoms with E-state index in [0.717, 1.165) is 41.5 Å². The average Bonchev–Trinajstić information content (AvgIpc) is 3.12. The van der Waals surface area contributed by atoms with Gasteiger partial charge in [0.25, 0.3) is 0 Å². The second-order valence-corrected chi connectivity index (χ2v) is 8.01. The van der Waals surface area contributed by atoms with Crippen LogP contribution in [0.15, 0.2) is 72.9 Å². The first-order chi connectivity index (χ1) is 16.1. The molecule has 0 atom stereocenters. The van der Waals surface area contributed by atoms with E-state index in [0.29, 0.717) is 12.2 Å². The van der Waals surface area contributed by atoms with E-state index in [1.165, 1.54) is 16.7 Å². The van der Waals surface area contributed by atoms with Gasteiger partial charge in [0, 0.05) is 24.7 Å². The molecule has 0 aliphatic carbocycles. The van der Waals surface area contributed by atoms with Gasteiger partial charge in [-0.25, -0.2) is 4.79 Å². The molecule has 1 N–H and O–H groups in total. The number of aliphatic carboxylic acids is 1. The van der Waals surface area contributed by atoms with E-state index in [9.17, 15) is 9.59 Å². The zero-order valence-electron chi connectivity index (χ0n) is 18.7. The van der Waals surface area contributed by atoms with E-state index in [1.807, 2.05) is 18.3 Å². The van der Waals surface area contributed by atoms with Crippen molar-refractivity contribution in [3.63, 3.8) is 0 Å². The smallest absolute Gasteiger partial charge is 0.341 e. The number of aldehydes is 1. The number of benzene rings is 2. The Morgan fingerprint density at radius 2 is 1.64 bits per heavy atom. The van der Waals surface area contributed by atoms with Crippen molar-refractivity contribution in [3.05, 3.63) is 106 Å². The zero-order valence-corrected chi connectivity index (χ0v) is 18.7. The molecule has 0 saturated carbocycles. The second kappa shape index (κ2) is 10.2. The molecule has 5 nitrogen and oxygen atoms in total. The number of nitrogens with zero attached hydrogens (tertiary/aromatic N) is 1. The van der Waals surface area contributed by atoms with Gasteiger partial charge in [-0.1, -0.05) is 61.5 Å². The predicted molar refractivity (Wildman–Crippen MR) is 128 cm³/mol. The molecule has 0 bridgehead atoms. The number of hydrogen-bond acceptors (Lipinski definition) is 3. The van der Waals surface area contributed by atoms with E-state index in [1.54, 1.807) is 6.07 Å². The van der Waals surface area contributed by atoms with Crippen LogP contribution in [0.1, 0.15) is 40.4 Å². The van der Waals surface area contributed by atoms with Gasteiger partial charge in [-0.3, -0.25) is 0 Å². The van der Waals surface area contributed by atoms with Crippen molar-refractivity contribution < 1.29 is 19.4 Å². The minimum absolute atomic E-state index is 0.256. The SMILES string of the molecule is CCc1c(CC=O)c2c(OCC(=O)O)cccn2c1Cc1ccccc1Cc1ccccc1. The van der Waals surface area contributed by atoms with Crippen LogP contribution < -0.4 is 4.74 Å². The van der Waals surface area contributed by atoms with Gasteiger partial charge in [0.15, 0.2) is 6.61 Å². The molecule has 4 aromatic rings. The third-order valence-corrected chi connectivity index (χ3v) is 5.95. The normalized spacial score (nSPS) is 10.9. The molecule has 2 aromatic carbocycles. The molecule has 0 saturated heterocycles. The highest BCUT2D eigenvalue weighted by Gasteiger charge is 2.21. The molecule has 0 aliphatic rings. The van der Waals surface area contributed by atoms with E-state index < -0.39 is 12.6 Å². The van der Waals surface area contributed by atoms with E-state index in [4.69, 9.17) is 9.84 Å². The van der Waals surface area contributed by atoms with Gasteiger partial charge in [0.1, 0.15) is 12.0 Å². The minimum atomic E-state index is -1.04. The molecule has 5 heteroatoms. The zero-order chi connectivity index (χ0) is 23.2. The molecule has 168 valence electrons. The Morgan fingerprint density at radius 1 is 0.939 bits per heavy atom. The molecule has 0 unspecified atom stereocenters. The van der Waals surface area contributed by atoms with Crippen molar-refractivity contribution in [1.29, 1.82) is 0 Å². The van der Waals surface area contributed by atoms with Crippen LogP contribution in [0.2, 0.25) is 0 Å². The molecule has 2 aromatic heterocycles. The molecule has 4 rings (SSSR count). The Hall–Kier alpha value is -3.86. The van der Waals surface area contributed by atoms with Crippen LogP contribution in [0.4, 0.5) is 0 Å². The number of rotatable bonds is 10. The summed E-state index contributed by atoms with van der Waals surface area (Å²) < 4.78 is 7.66. The standard InChI is InChI=1S/C28H27NO4/c1-2-23-24(14-16-30)28-26(33-19-27(31)32)13-8-15-29(28)25(23)18-22-12-7-6-11-21(22)17-20-9-4-3-5-10-20/h3-13,15-16H,2,14,17-19H2,1H3,(H,31,32). The third-order valence-electron chi connectivity index (χ3n) is 5.95. The number of carbonyl (C=O) groups excluding carboxylic acids is 1. The Balaban J connectivity index is 1.81. The van der Waals surface area contributed by atoms with Crippen LogP contribution in [-0.4, -0.2) is 28.4 Å². The summed E-state index contributed by atoms with van der Waals surface area (Å²) >= 11 is 0. The summed E-state index contributed by atoms with van der Waals surface area (Å²) in [4.78, 5) is 22.6. The molecular formula is C28H27NO4. The summed E-state index contributed by atoms with van der Waals surface area (Å²) in [5.74, 6) is -0.554. The highest BCUT2D eigenvalue weighted by molar-refractivity contribution is 5.76. The fourth-order valence-electron chi connectivity index (χ4n) is 4.54. The number of carboxylic acid groups (broad SMARTS) is 1. The average molecular weight is 442 g/mol. The Bertz CT molecular complexity index is 1270. The van der Waals surface area contributed by atoms with Crippen LogP contribution in [0, 0.1) is 0 Å². The summed E-state index contributed by atoms with van der Waals surface area (Å²) in [6.45, 7) is 1.66. The van der Waals surface area contributed by atoms with Gasteiger partial charge in [-0.15, -0.1) is 0 Å². The third kappa shape index (κ3) is 4.82. The monoisotopic (exact) mass is 441 g/mol. The minimum Gasteiger partial charge on any atom is -0.480 e. The lowest BCUT2D eigenvalue weighted by atomic mass is 9.94. The topological polar surface area (TPSA) is 68.0 Å². The van der Waals surface area contributed by atoms with Crippen LogP contribution in [0.3, 0.4) is 0 Å². The summed E-state index contributed by atoms with van der Waals surface area (Å²) in [5.41, 5.74) is 7.64. The van der Waals surface area contributed by atoms with Crippen LogP contribution in [0.25, 0.3) is 5.52 Å². The lowest BCUT2D eigenvalue weighted by Crippen LogP contribution is -2.10. The lowest BCUT2D eigenvalue weighted by molar-refractivity contribution is -0.139. The Kier molecular flexibility index (Phi) is 6.89. The molecule has 0 aliphatic heterocycles. The molecule has 0 amide bonds.